The van der Waals surface area contributed by atoms with Gasteiger partial charge in [-0.3, -0.25) is 0 Å². The van der Waals surface area contributed by atoms with Crippen LogP contribution in [-0.2, 0) is 0 Å². The zero-order chi connectivity index (χ0) is 16.5. The SMILES string of the molecule is CCCCCCOc1nc2ccc3c(ccc4nc(C)sc43)c2s1. The number of ether oxygens (including phenoxy) is 1. The van der Waals surface area contributed by atoms with Crippen LogP contribution in [0.25, 0.3) is 31.2 Å². The lowest BCUT2D eigenvalue weighted by Crippen LogP contribution is -1.96. The highest BCUT2D eigenvalue weighted by Gasteiger charge is 2.12. The first-order chi connectivity index (χ1) is 11.8. The van der Waals surface area contributed by atoms with Gasteiger partial charge in [-0.05, 0) is 25.5 Å². The van der Waals surface area contributed by atoms with Crippen molar-refractivity contribution >= 4 is 53.9 Å². The highest BCUT2D eigenvalue weighted by atomic mass is 32.1. The highest BCUT2D eigenvalue weighted by Crippen LogP contribution is 2.38. The first-order valence-corrected chi connectivity index (χ1v) is 10.1. The first kappa shape index (κ1) is 15.8. The zero-order valence-corrected chi connectivity index (χ0v) is 15.6. The number of hydrogen-bond donors (Lipinski definition) is 0. The van der Waals surface area contributed by atoms with Gasteiger partial charge in [0.2, 0.25) is 0 Å². The number of thiazole rings is 2. The summed E-state index contributed by atoms with van der Waals surface area (Å²) < 4.78 is 8.35. The van der Waals surface area contributed by atoms with E-state index in [9.17, 15) is 0 Å². The van der Waals surface area contributed by atoms with Crippen LogP contribution in [0.1, 0.15) is 37.6 Å². The van der Waals surface area contributed by atoms with E-state index in [4.69, 9.17) is 4.74 Å². The molecule has 0 unspecified atom stereocenters. The van der Waals surface area contributed by atoms with E-state index in [1.807, 2.05) is 0 Å². The number of aryl methyl sites for hydroxylation is 1. The average molecular weight is 357 g/mol. The Morgan fingerprint density at radius 2 is 1.58 bits per heavy atom. The minimum Gasteiger partial charge on any atom is -0.470 e. The number of hydrogen-bond acceptors (Lipinski definition) is 5. The number of benzene rings is 2. The molecule has 24 heavy (non-hydrogen) atoms. The minimum atomic E-state index is 0.760. The maximum Gasteiger partial charge on any atom is 0.274 e. The topological polar surface area (TPSA) is 35.0 Å². The molecule has 0 aliphatic carbocycles. The van der Waals surface area contributed by atoms with E-state index in [2.05, 4.69) is 48.1 Å². The van der Waals surface area contributed by atoms with E-state index in [1.165, 1.54) is 39.4 Å². The Bertz CT molecular complexity index is 1000. The van der Waals surface area contributed by atoms with Gasteiger partial charge in [-0.15, -0.1) is 11.3 Å². The van der Waals surface area contributed by atoms with Crippen LogP contribution in [0, 0.1) is 6.92 Å². The van der Waals surface area contributed by atoms with Crippen LogP contribution in [0.2, 0.25) is 0 Å². The maximum absolute atomic E-state index is 5.88. The first-order valence-electron chi connectivity index (χ1n) is 8.48. The lowest BCUT2D eigenvalue weighted by Gasteiger charge is -2.00. The van der Waals surface area contributed by atoms with Crippen LogP contribution in [0.4, 0.5) is 0 Å². The molecule has 0 radical (unpaired) electrons. The van der Waals surface area contributed by atoms with Gasteiger partial charge in [-0.1, -0.05) is 49.7 Å². The van der Waals surface area contributed by atoms with Gasteiger partial charge >= 0.3 is 0 Å². The third-order valence-electron chi connectivity index (χ3n) is 4.21. The Morgan fingerprint density at radius 3 is 2.33 bits per heavy atom. The molecule has 4 aromatic rings. The molecule has 2 aromatic carbocycles. The van der Waals surface area contributed by atoms with Crippen molar-refractivity contribution in [3.63, 3.8) is 0 Å². The van der Waals surface area contributed by atoms with E-state index in [1.54, 1.807) is 22.7 Å². The Labute approximate surface area is 149 Å². The summed E-state index contributed by atoms with van der Waals surface area (Å²) in [5, 5.41) is 4.42. The second-order valence-corrected chi connectivity index (χ2v) is 8.21. The van der Waals surface area contributed by atoms with Crippen LogP contribution in [-0.4, -0.2) is 16.6 Å². The monoisotopic (exact) mass is 356 g/mol. The van der Waals surface area contributed by atoms with Crippen LogP contribution in [0.5, 0.6) is 5.19 Å². The number of rotatable bonds is 6. The standard InChI is InChI=1S/C19H20N2OS2/c1-3-4-5-6-11-22-19-21-16-10-8-13-14(18(16)24-19)7-9-15-17(13)23-12(2)20-15/h7-10H,3-6,11H2,1-2H3. The van der Waals surface area contributed by atoms with Crippen molar-refractivity contribution < 1.29 is 4.74 Å². The summed E-state index contributed by atoms with van der Waals surface area (Å²) >= 11 is 3.42. The molecule has 5 heteroatoms. The molecule has 0 amide bonds. The molecule has 0 aliphatic heterocycles. The summed E-state index contributed by atoms with van der Waals surface area (Å²) in [5.41, 5.74) is 2.11. The van der Waals surface area contributed by atoms with Crippen LogP contribution >= 0.6 is 22.7 Å². The molecule has 2 aromatic heterocycles. The van der Waals surface area contributed by atoms with Gasteiger partial charge in [0.15, 0.2) is 0 Å². The fraction of sp³-hybridized carbons (Fsp3) is 0.368. The Hall–Kier alpha value is -1.72. The van der Waals surface area contributed by atoms with Gasteiger partial charge in [0, 0.05) is 10.8 Å². The summed E-state index contributed by atoms with van der Waals surface area (Å²) in [7, 11) is 0. The van der Waals surface area contributed by atoms with Crippen molar-refractivity contribution in [2.24, 2.45) is 0 Å². The molecule has 0 fully saturated rings. The lowest BCUT2D eigenvalue weighted by atomic mass is 10.1. The largest absolute Gasteiger partial charge is 0.470 e. The molecule has 124 valence electrons. The van der Waals surface area contributed by atoms with Crippen LogP contribution < -0.4 is 4.74 Å². The summed E-state index contributed by atoms with van der Waals surface area (Å²) in [4.78, 5) is 9.25. The Kier molecular flexibility index (Phi) is 4.37. The molecule has 4 rings (SSSR count). The van der Waals surface area contributed by atoms with Crippen molar-refractivity contribution in [3.05, 3.63) is 29.3 Å². The van der Waals surface area contributed by atoms with Gasteiger partial charge in [0.25, 0.3) is 5.19 Å². The Balaban J connectivity index is 1.68. The third kappa shape index (κ3) is 2.87. The second kappa shape index (κ2) is 6.65. The van der Waals surface area contributed by atoms with Gasteiger partial charge in [0.1, 0.15) is 0 Å². The Morgan fingerprint density at radius 1 is 0.875 bits per heavy atom. The maximum atomic E-state index is 5.88. The van der Waals surface area contributed by atoms with Gasteiger partial charge in [0.05, 0.1) is 32.0 Å². The molecule has 0 spiro atoms. The number of fused-ring (bicyclic) bond motifs is 5. The second-order valence-electron chi connectivity index (χ2n) is 6.04. The molecule has 0 N–H and O–H groups in total. The van der Waals surface area contributed by atoms with Crippen LogP contribution in [0.15, 0.2) is 24.3 Å². The zero-order valence-electron chi connectivity index (χ0n) is 14.0. The van der Waals surface area contributed by atoms with Crippen molar-refractivity contribution in [3.8, 4) is 5.19 Å². The van der Waals surface area contributed by atoms with Gasteiger partial charge in [-0.25, -0.2) is 9.97 Å². The number of aromatic nitrogens is 2. The lowest BCUT2D eigenvalue weighted by molar-refractivity contribution is 0.304. The van der Waals surface area contributed by atoms with Crippen molar-refractivity contribution in [2.75, 3.05) is 6.61 Å². The van der Waals surface area contributed by atoms with E-state index in [0.717, 1.165) is 34.3 Å². The predicted molar refractivity (Wildman–Crippen MR) is 105 cm³/mol. The van der Waals surface area contributed by atoms with Gasteiger partial charge in [-0.2, -0.15) is 0 Å². The molecule has 0 atom stereocenters. The average Bonchev–Trinajstić information content (AvgIpc) is 3.16. The third-order valence-corrected chi connectivity index (χ3v) is 6.25. The van der Waals surface area contributed by atoms with E-state index >= 15 is 0 Å². The molecule has 0 bridgehead atoms. The molecular weight excluding hydrogens is 336 g/mol. The molecule has 3 nitrogen and oxygen atoms in total. The summed E-state index contributed by atoms with van der Waals surface area (Å²) in [6, 6.07) is 8.56. The van der Waals surface area contributed by atoms with E-state index in [0.29, 0.717) is 0 Å². The number of unbranched alkanes of at least 4 members (excludes halogenated alkanes) is 3. The molecule has 0 saturated carbocycles. The van der Waals surface area contributed by atoms with E-state index in [-0.39, 0.29) is 0 Å². The van der Waals surface area contributed by atoms with Crippen LogP contribution in [0.3, 0.4) is 0 Å². The molecule has 0 aliphatic rings. The normalized spacial score (nSPS) is 11.8. The fourth-order valence-electron chi connectivity index (χ4n) is 3.02. The van der Waals surface area contributed by atoms with Crippen molar-refractivity contribution in [2.45, 2.75) is 39.5 Å². The molecule has 0 saturated heterocycles. The molecular formula is C19H20N2OS2. The predicted octanol–water partition coefficient (Wildman–Crippen LogP) is 6.33. The van der Waals surface area contributed by atoms with Crippen molar-refractivity contribution in [1.82, 2.24) is 9.97 Å². The van der Waals surface area contributed by atoms with Crippen molar-refractivity contribution in [1.29, 1.82) is 0 Å². The number of nitrogens with zero attached hydrogens (tertiary/aromatic N) is 2. The summed E-state index contributed by atoms with van der Waals surface area (Å²) in [6.07, 6.45) is 4.86. The minimum absolute atomic E-state index is 0.760. The molecule has 2 heterocycles. The summed E-state index contributed by atoms with van der Waals surface area (Å²) in [5.74, 6) is 0. The van der Waals surface area contributed by atoms with E-state index < -0.39 is 0 Å². The highest BCUT2D eigenvalue weighted by molar-refractivity contribution is 7.21. The smallest absolute Gasteiger partial charge is 0.274 e. The quantitative estimate of drug-likeness (QED) is 0.379. The van der Waals surface area contributed by atoms with Gasteiger partial charge < -0.3 is 4.74 Å². The summed E-state index contributed by atoms with van der Waals surface area (Å²) in [6.45, 7) is 5.04. The fourth-order valence-corrected chi connectivity index (χ4v) is 4.93.